The third-order valence-electron chi connectivity index (χ3n) is 6.08. The fraction of sp³-hybridized carbons (Fsp3) is 0.941. The summed E-state index contributed by atoms with van der Waals surface area (Å²) in [6, 6.07) is 0. The second kappa shape index (κ2) is 5.98. The Kier molecular flexibility index (Phi) is 4.40. The first-order valence-corrected chi connectivity index (χ1v) is 8.55. The summed E-state index contributed by atoms with van der Waals surface area (Å²) in [6.45, 7) is 4.91. The quantitative estimate of drug-likeness (QED) is 0.868. The minimum absolute atomic E-state index is 0.123. The van der Waals surface area contributed by atoms with Crippen molar-refractivity contribution in [3.8, 4) is 0 Å². The van der Waals surface area contributed by atoms with Crippen LogP contribution in [0.1, 0.15) is 51.9 Å². The minimum atomic E-state index is -0.255. The smallest absolute Gasteiger partial charge is 0.143 e. The van der Waals surface area contributed by atoms with Crippen LogP contribution in [0.4, 0.5) is 0 Å². The van der Waals surface area contributed by atoms with Gasteiger partial charge in [-0.25, -0.2) is 0 Å². The summed E-state index contributed by atoms with van der Waals surface area (Å²) in [5.41, 5.74) is 5.62. The molecule has 3 rings (SSSR count). The first-order valence-electron chi connectivity index (χ1n) is 8.55. The molecule has 2 atom stereocenters. The van der Waals surface area contributed by atoms with Crippen molar-refractivity contribution in [1.82, 2.24) is 0 Å². The molecule has 3 fully saturated rings. The van der Waals surface area contributed by atoms with E-state index in [1.807, 2.05) is 0 Å². The second-order valence-electron chi connectivity index (χ2n) is 7.56. The number of ether oxygens (including phenoxy) is 2. The lowest BCUT2D eigenvalue weighted by atomic mass is 9.64. The Hall–Kier alpha value is -0.450. The van der Waals surface area contributed by atoms with Gasteiger partial charge in [0.2, 0.25) is 0 Å². The molecule has 2 unspecified atom stereocenters. The van der Waals surface area contributed by atoms with E-state index in [9.17, 15) is 4.79 Å². The number of Topliss-reactive ketones (excluding diaryl/α,β-unsaturated/α-hetero) is 1. The van der Waals surface area contributed by atoms with Crippen molar-refractivity contribution in [3.05, 3.63) is 0 Å². The van der Waals surface area contributed by atoms with Gasteiger partial charge >= 0.3 is 0 Å². The molecule has 0 aromatic heterocycles. The summed E-state index contributed by atoms with van der Waals surface area (Å²) in [6.07, 6.45) is 6.86. The number of carbonyl (C=O) groups is 1. The van der Waals surface area contributed by atoms with Gasteiger partial charge in [-0.3, -0.25) is 4.79 Å². The van der Waals surface area contributed by atoms with Gasteiger partial charge in [0.25, 0.3) is 0 Å². The maximum Gasteiger partial charge on any atom is 0.143 e. The number of carbonyl (C=O) groups excluding carboxylic acids is 1. The molecular weight excluding hydrogens is 266 g/mol. The van der Waals surface area contributed by atoms with E-state index in [2.05, 4.69) is 6.92 Å². The van der Waals surface area contributed by atoms with Crippen LogP contribution in [-0.4, -0.2) is 37.7 Å². The molecular formula is C17H29NO3. The molecule has 1 spiro atoms. The van der Waals surface area contributed by atoms with Crippen LogP contribution in [0.3, 0.4) is 0 Å². The van der Waals surface area contributed by atoms with E-state index in [0.717, 1.165) is 57.5 Å². The molecule has 0 amide bonds. The van der Waals surface area contributed by atoms with E-state index in [-0.39, 0.29) is 16.9 Å². The highest BCUT2D eigenvalue weighted by atomic mass is 16.6. The lowest BCUT2D eigenvalue weighted by Crippen LogP contribution is -2.49. The van der Waals surface area contributed by atoms with E-state index >= 15 is 0 Å². The predicted molar refractivity (Wildman–Crippen MR) is 81.0 cm³/mol. The predicted octanol–water partition coefficient (Wildman–Crippen LogP) is 2.30. The van der Waals surface area contributed by atoms with Gasteiger partial charge in [0.05, 0.1) is 12.2 Å². The third kappa shape index (κ3) is 2.90. The standard InChI is InChI=1S/C17H29NO3/c1-13-2-5-16(11-18,6-3-13)15(19)14-4-8-21-17(10-14)7-9-20-12-17/h13-14H,2-12,18H2,1H3. The molecule has 2 aliphatic heterocycles. The van der Waals surface area contributed by atoms with E-state index in [1.54, 1.807) is 0 Å². The number of rotatable bonds is 3. The molecule has 4 nitrogen and oxygen atoms in total. The largest absolute Gasteiger partial charge is 0.378 e. The molecule has 2 saturated heterocycles. The van der Waals surface area contributed by atoms with Crippen molar-refractivity contribution < 1.29 is 14.3 Å². The van der Waals surface area contributed by atoms with Gasteiger partial charge in [-0.1, -0.05) is 6.92 Å². The summed E-state index contributed by atoms with van der Waals surface area (Å²) in [5, 5.41) is 0. The van der Waals surface area contributed by atoms with Crippen LogP contribution in [0.2, 0.25) is 0 Å². The molecule has 0 bridgehead atoms. The maximum absolute atomic E-state index is 13.2. The molecule has 1 saturated carbocycles. The van der Waals surface area contributed by atoms with Gasteiger partial charge in [0.1, 0.15) is 5.78 Å². The Morgan fingerprint density at radius 2 is 1.95 bits per heavy atom. The van der Waals surface area contributed by atoms with Crippen LogP contribution in [-0.2, 0) is 14.3 Å². The molecule has 2 N–H and O–H groups in total. The van der Waals surface area contributed by atoms with Crippen LogP contribution in [0, 0.1) is 17.3 Å². The van der Waals surface area contributed by atoms with Crippen molar-refractivity contribution in [2.75, 3.05) is 26.4 Å². The lowest BCUT2D eigenvalue weighted by molar-refractivity contribution is -0.147. The van der Waals surface area contributed by atoms with Crippen LogP contribution in [0.25, 0.3) is 0 Å². The van der Waals surface area contributed by atoms with Crippen LogP contribution in [0.5, 0.6) is 0 Å². The van der Waals surface area contributed by atoms with Crippen molar-refractivity contribution in [2.24, 2.45) is 23.0 Å². The third-order valence-corrected chi connectivity index (χ3v) is 6.08. The molecule has 3 aliphatic rings. The van der Waals surface area contributed by atoms with E-state index < -0.39 is 0 Å². The average molecular weight is 295 g/mol. The van der Waals surface area contributed by atoms with E-state index in [4.69, 9.17) is 15.2 Å². The SMILES string of the molecule is CC1CCC(CN)(C(=O)C2CCOC3(CCOC3)C2)CC1. The summed E-state index contributed by atoms with van der Waals surface area (Å²) >= 11 is 0. The highest BCUT2D eigenvalue weighted by Gasteiger charge is 2.48. The van der Waals surface area contributed by atoms with Gasteiger partial charge in [-0.2, -0.15) is 0 Å². The van der Waals surface area contributed by atoms with Gasteiger partial charge in [0, 0.05) is 37.5 Å². The number of hydrogen-bond acceptors (Lipinski definition) is 4. The van der Waals surface area contributed by atoms with E-state index in [0.29, 0.717) is 25.5 Å². The van der Waals surface area contributed by atoms with Gasteiger partial charge in [-0.15, -0.1) is 0 Å². The summed E-state index contributed by atoms with van der Waals surface area (Å²) in [7, 11) is 0. The molecule has 0 radical (unpaired) electrons. The zero-order valence-corrected chi connectivity index (χ0v) is 13.2. The van der Waals surface area contributed by atoms with Gasteiger partial charge < -0.3 is 15.2 Å². The normalized spacial score (nSPS) is 44.1. The number of hydrogen-bond donors (Lipinski definition) is 1. The van der Waals surface area contributed by atoms with Gasteiger partial charge in [-0.05, 0) is 44.4 Å². The molecule has 120 valence electrons. The van der Waals surface area contributed by atoms with Crippen LogP contribution in [0.15, 0.2) is 0 Å². The molecule has 1 aliphatic carbocycles. The Morgan fingerprint density at radius 1 is 1.19 bits per heavy atom. The Morgan fingerprint density at radius 3 is 2.57 bits per heavy atom. The first kappa shape index (κ1) is 15.4. The second-order valence-corrected chi connectivity index (χ2v) is 7.56. The summed E-state index contributed by atoms with van der Waals surface area (Å²) in [4.78, 5) is 13.2. The van der Waals surface area contributed by atoms with Crippen LogP contribution < -0.4 is 5.73 Å². The lowest BCUT2D eigenvalue weighted by Gasteiger charge is -2.43. The highest BCUT2D eigenvalue weighted by Crippen LogP contribution is 2.44. The Bertz CT molecular complexity index is 381. The fourth-order valence-electron chi connectivity index (χ4n) is 4.41. The Labute approximate surface area is 127 Å². The summed E-state index contributed by atoms with van der Waals surface area (Å²) < 4.78 is 11.5. The van der Waals surface area contributed by atoms with E-state index in [1.165, 1.54) is 0 Å². The van der Waals surface area contributed by atoms with Crippen molar-refractivity contribution in [1.29, 1.82) is 0 Å². The van der Waals surface area contributed by atoms with Crippen molar-refractivity contribution in [3.63, 3.8) is 0 Å². The maximum atomic E-state index is 13.2. The first-order chi connectivity index (χ1) is 10.1. The fourth-order valence-corrected chi connectivity index (χ4v) is 4.41. The molecule has 0 aromatic rings. The zero-order valence-electron chi connectivity index (χ0n) is 13.2. The number of nitrogens with two attached hydrogens (primary N) is 1. The van der Waals surface area contributed by atoms with Gasteiger partial charge in [0.15, 0.2) is 0 Å². The monoisotopic (exact) mass is 295 g/mol. The Balaban J connectivity index is 1.71. The van der Waals surface area contributed by atoms with Crippen molar-refractivity contribution >= 4 is 5.78 Å². The zero-order chi connectivity index (χ0) is 14.9. The molecule has 0 aromatic carbocycles. The highest BCUT2D eigenvalue weighted by molar-refractivity contribution is 5.87. The molecule has 2 heterocycles. The van der Waals surface area contributed by atoms with Crippen molar-refractivity contribution in [2.45, 2.75) is 57.5 Å². The molecule has 4 heteroatoms. The topological polar surface area (TPSA) is 61.6 Å². The minimum Gasteiger partial charge on any atom is -0.378 e. The summed E-state index contributed by atoms with van der Waals surface area (Å²) in [5.74, 6) is 1.28. The molecule has 21 heavy (non-hydrogen) atoms. The average Bonchev–Trinajstić information content (AvgIpc) is 2.95. The number of ketones is 1. The van der Waals surface area contributed by atoms with Crippen LogP contribution >= 0.6 is 0 Å².